The minimum absolute atomic E-state index is 0.0637. The molecule has 1 amide bonds. The summed E-state index contributed by atoms with van der Waals surface area (Å²) < 4.78 is 7.21. The highest BCUT2D eigenvalue weighted by atomic mass is 35.5. The number of amides is 1. The van der Waals surface area contributed by atoms with Gasteiger partial charge in [-0.05, 0) is 81.9 Å². The number of ether oxygens (including phenoxy) is 1. The van der Waals surface area contributed by atoms with Crippen LogP contribution in [0, 0.1) is 12.8 Å². The topological polar surface area (TPSA) is 122 Å². The molecule has 4 aromatic rings. The Morgan fingerprint density at radius 2 is 1.98 bits per heavy atom. The van der Waals surface area contributed by atoms with Gasteiger partial charge in [0.15, 0.2) is 17.2 Å². The first-order valence-corrected chi connectivity index (χ1v) is 14.0. The van der Waals surface area contributed by atoms with Gasteiger partial charge in [0.2, 0.25) is 5.91 Å². The number of Topliss-reactive ketones (excluding diaryl/α,β-unsaturated/α-hetero) is 1. The number of fused-ring (bicyclic) bond motifs is 1. The molecule has 1 unspecified atom stereocenters. The van der Waals surface area contributed by atoms with Crippen LogP contribution in [-0.4, -0.2) is 65.9 Å². The van der Waals surface area contributed by atoms with Crippen molar-refractivity contribution in [2.24, 2.45) is 5.92 Å². The second kappa shape index (κ2) is 12.7. The molecule has 11 heteroatoms. The fraction of sp³-hybridized carbons (Fsp3) is 0.333. The van der Waals surface area contributed by atoms with Crippen molar-refractivity contribution in [2.75, 3.05) is 39.1 Å². The maximum absolute atomic E-state index is 13.5. The number of benzene rings is 2. The molecule has 41 heavy (non-hydrogen) atoms. The van der Waals surface area contributed by atoms with Gasteiger partial charge in [-0.15, -0.1) is 0 Å². The number of hydrogen-bond acceptors (Lipinski definition) is 8. The Balaban J connectivity index is 1.34. The van der Waals surface area contributed by atoms with Crippen LogP contribution in [0.3, 0.4) is 0 Å². The molecule has 1 saturated heterocycles. The number of aryl methyl sites for hydroxylation is 1. The van der Waals surface area contributed by atoms with Crippen LogP contribution < -0.4 is 26.0 Å². The molecular weight excluding hydrogens is 542 g/mol. The van der Waals surface area contributed by atoms with Gasteiger partial charge in [0, 0.05) is 41.7 Å². The number of anilines is 2. The van der Waals surface area contributed by atoms with E-state index in [4.69, 9.17) is 16.3 Å². The number of carbonyl (C=O) groups excluding carboxylic acids is 2. The summed E-state index contributed by atoms with van der Waals surface area (Å²) >= 11 is 6.35. The molecule has 214 valence electrons. The van der Waals surface area contributed by atoms with Crippen LogP contribution in [-0.2, 0) is 4.79 Å². The van der Waals surface area contributed by atoms with Crippen LogP contribution in [0.2, 0.25) is 5.02 Å². The molecule has 5 rings (SSSR count). The summed E-state index contributed by atoms with van der Waals surface area (Å²) in [6, 6.07) is 10.5. The van der Waals surface area contributed by atoms with Crippen LogP contribution in [0.1, 0.15) is 28.8 Å². The third kappa shape index (κ3) is 6.19. The number of hydrogen-bond donors (Lipinski definition) is 4. The average molecular weight is 576 g/mol. The van der Waals surface area contributed by atoms with E-state index in [1.54, 1.807) is 32.6 Å². The summed E-state index contributed by atoms with van der Waals surface area (Å²) in [6.07, 6.45) is 6.86. The lowest BCUT2D eigenvalue weighted by Crippen LogP contribution is -2.50. The first-order chi connectivity index (χ1) is 19.9. The second-order valence-corrected chi connectivity index (χ2v) is 10.5. The second-order valence-electron chi connectivity index (χ2n) is 10.1. The highest BCUT2D eigenvalue weighted by Crippen LogP contribution is 2.32. The van der Waals surface area contributed by atoms with E-state index in [-0.39, 0.29) is 17.6 Å². The maximum Gasteiger partial charge on any atom is 0.223 e. The number of imidazole rings is 1. The van der Waals surface area contributed by atoms with Crippen molar-refractivity contribution in [3.8, 4) is 17.0 Å². The fourth-order valence-corrected chi connectivity index (χ4v) is 5.43. The first-order valence-electron chi connectivity index (χ1n) is 13.6. The number of halogens is 1. The minimum atomic E-state index is -0.648. The van der Waals surface area contributed by atoms with Gasteiger partial charge in [0.05, 0.1) is 24.0 Å². The Labute approximate surface area is 243 Å². The van der Waals surface area contributed by atoms with Crippen LogP contribution in [0.25, 0.3) is 16.9 Å². The van der Waals surface area contributed by atoms with Crippen LogP contribution in [0.4, 0.5) is 11.5 Å². The zero-order chi connectivity index (χ0) is 28.9. The Morgan fingerprint density at radius 1 is 1.17 bits per heavy atom. The molecule has 1 aliphatic heterocycles. The van der Waals surface area contributed by atoms with Crippen LogP contribution >= 0.6 is 11.6 Å². The van der Waals surface area contributed by atoms with E-state index in [0.717, 1.165) is 48.4 Å². The molecule has 0 aliphatic carbocycles. The van der Waals surface area contributed by atoms with Gasteiger partial charge < -0.3 is 26.0 Å². The number of likely N-dealkylation sites (N-methyl/N-ethyl adjacent to an activating group) is 1. The lowest BCUT2D eigenvalue weighted by molar-refractivity contribution is -0.126. The number of carbonyl (C=O) groups is 2. The molecule has 1 atom stereocenters. The zero-order valence-electron chi connectivity index (χ0n) is 23.3. The van der Waals surface area contributed by atoms with Crippen molar-refractivity contribution in [2.45, 2.75) is 25.8 Å². The number of piperidine rings is 1. The molecule has 3 heterocycles. The van der Waals surface area contributed by atoms with Gasteiger partial charge >= 0.3 is 0 Å². The lowest BCUT2D eigenvalue weighted by Gasteiger charge is -2.25. The van der Waals surface area contributed by atoms with Crippen molar-refractivity contribution < 1.29 is 14.3 Å². The molecule has 10 nitrogen and oxygen atoms in total. The number of methoxy groups -OCH3 is 1. The van der Waals surface area contributed by atoms with Crippen LogP contribution in [0.5, 0.6) is 5.75 Å². The van der Waals surface area contributed by atoms with Gasteiger partial charge in [-0.1, -0.05) is 11.6 Å². The number of nitrogens with zero attached hydrogens (tertiary/aromatic N) is 3. The van der Waals surface area contributed by atoms with Crippen molar-refractivity contribution in [3.63, 3.8) is 0 Å². The molecule has 2 aromatic carbocycles. The summed E-state index contributed by atoms with van der Waals surface area (Å²) in [5, 5.41) is 13.1. The summed E-state index contributed by atoms with van der Waals surface area (Å²) in [6.45, 7) is 3.87. The van der Waals surface area contributed by atoms with Crippen molar-refractivity contribution in [1.82, 2.24) is 30.3 Å². The van der Waals surface area contributed by atoms with E-state index in [2.05, 4.69) is 31.2 Å². The van der Waals surface area contributed by atoms with Gasteiger partial charge in [-0.25, -0.2) is 9.97 Å². The summed E-state index contributed by atoms with van der Waals surface area (Å²) in [5.41, 5.74) is 4.51. The van der Waals surface area contributed by atoms with Crippen LogP contribution in [0.15, 0.2) is 55.0 Å². The number of rotatable bonds is 10. The normalized spacial score (nSPS) is 14.5. The Hall–Kier alpha value is -3.99. The highest BCUT2D eigenvalue weighted by molar-refractivity contribution is 6.32. The molecule has 4 N–H and O–H groups in total. The van der Waals surface area contributed by atoms with E-state index in [1.807, 2.05) is 47.9 Å². The largest absolute Gasteiger partial charge is 0.495 e. The van der Waals surface area contributed by atoms with E-state index < -0.39 is 6.04 Å². The van der Waals surface area contributed by atoms with Crippen molar-refractivity contribution in [1.29, 1.82) is 0 Å². The van der Waals surface area contributed by atoms with E-state index in [9.17, 15) is 9.59 Å². The molecule has 0 bridgehead atoms. The standard InChI is InChI=1S/C30H34ClN7O3/c1-18-14-21(5-6-22(18)27(39)24(16-32-2)37-30(40)19-8-10-33-11-9-19)36-28-29-35-17-25(38(29)13-12-34-28)20-4-7-26(41-3)23(31)15-20/h4-7,12-15,17,19,24,32-33H,8-11,16H2,1-3H3,(H,34,36)(H,37,40). The zero-order valence-corrected chi connectivity index (χ0v) is 24.1. The SMILES string of the molecule is CNCC(NC(=O)C1CCNCC1)C(=O)c1ccc(Nc2nccn3c(-c4ccc(OC)c(Cl)c4)cnc23)cc1C. The third-order valence-electron chi connectivity index (χ3n) is 7.38. The monoisotopic (exact) mass is 575 g/mol. The van der Waals surface area contributed by atoms with E-state index in [0.29, 0.717) is 34.3 Å². The summed E-state index contributed by atoms with van der Waals surface area (Å²) in [5.74, 6) is 0.912. The van der Waals surface area contributed by atoms with Gasteiger partial charge in [-0.3, -0.25) is 14.0 Å². The average Bonchev–Trinajstić information content (AvgIpc) is 3.42. The molecule has 0 radical (unpaired) electrons. The lowest BCUT2D eigenvalue weighted by atomic mass is 9.95. The minimum Gasteiger partial charge on any atom is -0.495 e. The summed E-state index contributed by atoms with van der Waals surface area (Å²) in [4.78, 5) is 35.4. The molecular formula is C30H34ClN7O3. The fourth-order valence-electron chi connectivity index (χ4n) is 5.18. The molecule has 2 aromatic heterocycles. The number of ketones is 1. The number of aromatic nitrogens is 3. The van der Waals surface area contributed by atoms with Gasteiger partial charge in [-0.2, -0.15) is 0 Å². The number of nitrogens with one attached hydrogen (secondary N) is 4. The smallest absolute Gasteiger partial charge is 0.223 e. The van der Waals surface area contributed by atoms with E-state index >= 15 is 0 Å². The third-order valence-corrected chi connectivity index (χ3v) is 7.68. The summed E-state index contributed by atoms with van der Waals surface area (Å²) in [7, 11) is 3.35. The Morgan fingerprint density at radius 3 is 2.68 bits per heavy atom. The highest BCUT2D eigenvalue weighted by Gasteiger charge is 2.27. The predicted molar refractivity (Wildman–Crippen MR) is 160 cm³/mol. The Kier molecular flexibility index (Phi) is 8.82. The van der Waals surface area contributed by atoms with E-state index in [1.165, 1.54) is 0 Å². The van der Waals surface area contributed by atoms with Gasteiger partial charge in [0.1, 0.15) is 11.8 Å². The molecule has 1 fully saturated rings. The molecule has 0 saturated carbocycles. The quantitative estimate of drug-likeness (QED) is 0.209. The molecule has 1 aliphatic rings. The van der Waals surface area contributed by atoms with Crippen molar-refractivity contribution in [3.05, 3.63) is 71.1 Å². The predicted octanol–water partition coefficient (Wildman–Crippen LogP) is 4.00. The first kappa shape index (κ1) is 28.5. The maximum atomic E-state index is 13.5. The Bertz CT molecular complexity index is 1570. The molecule has 0 spiro atoms. The van der Waals surface area contributed by atoms with Crippen molar-refractivity contribution >= 4 is 40.4 Å². The van der Waals surface area contributed by atoms with Gasteiger partial charge in [0.25, 0.3) is 0 Å².